The molecule has 9 nitrogen and oxygen atoms in total. The van der Waals surface area contributed by atoms with E-state index in [1.54, 1.807) is 35.4 Å². The molecule has 0 unspecified atom stereocenters. The minimum absolute atomic E-state index is 0.0874. The van der Waals surface area contributed by atoms with E-state index in [9.17, 15) is 14.4 Å². The van der Waals surface area contributed by atoms with E-state index >= 15 is 0 Å². The summed E-state index contributed by atoms with van der Waals surface area (Å²) in [6, 6.07) is 11.6. The van der Waals surface area contributed by atoms with Crippen LogP contribution in [0, 0.1) is 5.92 Å². The van der Waals surface area contributed by atoms with Gasteiger partial charge in [-0.3, -0.25) is 14.4 Å². The Morgan fingerprint density at radius 3 is 2.38 bits per heavy atom. The Balaban J connectivity index is 1.43. The zero-order valence-electron chi connectivity index (χ0n) is 19.0. The molecule has 1 N–H and O–H groups in total. The summed E-state index contributed by atoms with van der Waals surface area (Å²) in [6.07, 6.45) is 2.99. The van der Waals surface area contributed by atoms with Gasteiger partial charge in [0, 0.05) is 26.2 Å². The zero-order chi connectivity index (χ0) is 24.2. The Morgan fingerprint density at radius 2 is 1.76 bits per heavy atom. The van der Waals surface area contributed by atoms with Crippen molar-refractivity contribution in [3.8, 4) is 5.69 Å². The van der Waals surface area contributed by atoms with Crippen LogP contribution in [0.3, 0.4) is 0 Å². The molecule has 4 rings (SSSR count). The minimum Gasteiger partial charge on any atom is -0.459 e. The van der Waals surface area contributed by atoms with E-state index in [0.29, 0.717) is 37.6 Å². The van der Waals surface area contributed by atoms with E-state index in [2.05, 4.69) is 10.4 Å². The number of rotatable bonds is 6. The van der Waals surface area contributed by atoms with Crippen LogP contribution < -0.4 is 15.8 Å². The number of carbonyl (C=O) groups excluding carboxylic acids is 2. The van der Waals surface area contributed by atoms with Crippen molar-refractivity contribution in [2.45, 2.75) is 19.9 Å². The molecule has 1 aliphatic rings. The first-order valence-corrected chi connectivity index (χ1v) is 11.5. The van der Waals surface area contributed by atoms with Gasteiger partial charge in [-0.1, -0.05) is 43.6 Å². The van der Waals surface area contributed by atoms with Crippen LogP contribution in [0.15, 0.2) is 64.1 Å². The quantitative estimate of drug-likeness (QED) is 0.578. The minimum atomic E-state index is -0.677. The molecule has 1 atom stereocenters. The lowest BCUT2D eigenvalue weighted by molar-refractivity contribution is -0.134. The topological polar surface area (TPSA) is 101 Å². The number of nitrogens with zero attached hydrogens (tertiary/aromatic N) is 4. The molecule has 2 amide bonds. The molecule has 0 aliphatic carbocycles. The summed E-state index contributed by atoms with van der Waals surface area (Å²) in [5.41, 5.74) is 0.773. The number of hydrogen-bond donors (Lipinski definition) is 1. The van der Waals surface area contributed by atoms with Gasteiger partial charge in [0.25, 0.3) is 11.5 Å². The van der Waals surface area contributed by atoms with Gasteiger partial charge in [0.1, 0.15) is 11.1 Å². The van der Waals surface area contributed by atoms with Crippen LogP contribution in [0.5, 0.6) is 0 Å². The molecule has 0 bridgehead atoms. The zero-order valence-corrected chi connectivity index (χ0v) is 19.7. The SMILES string of the molecule is CC(C)[C@@H](NC(=O)c1ccco1)C(=O)N1CCN(c2cnn(-c3ccccc3)c(=O)c2Cl)CC1. The molecule has 34 heavy (non-hydrogen) atoms. The molecule has 0 spiro atoms. The molecule has 0 saturated carbocycles. The normalized spacial score (nSPS) is 14.8. The number of carbonyl (C=O) groups is 2. The van der Waals surface area contributed by atoms with Gasteiger partial charge in [-0.25, -0.2) is 0 Å². The predicted octanol–water partition coefficient (Wildman–Crippen LogP) is 2.58. The molecule has 0 radical (unpaired) electrons. The fourth-order valence-electron chi connectivity index (χ4n) is 3.90. The molecule has 2 aromatic heterocycles. The maximum absolute atomic E-state index is 13.2. The lowest BCUT2D eigenvalue weighted by Crippen LogP contribution is -2.56. The van der Waals surface area contributed by atoms with E-state index in [1.165, 1.54) is 10.9 Å². The maximum atomic E-state index is 13.2. The first kappa shape index (κ1) is 23.6. The summed E-state index contributed by atoms with van der Waals surface area (Å²) in [6.45, 7) is 5.59. The number of piperazine rings is 1. The van der Waals surface area contributed by atoms with E-state index in [-0.39, 0.29) is 22.6 Å². The largest absolute Gasteiger partial charge is 0.459 e. The van der Waals surface area contributed by atoms with Crippen molar-refractivity contribution < 1.29 is 14.0 Å². The second-order valence-electron chi connectivity index (χ2n) is 8.38. The van der Waals surface area contributed by atoms with Crippen molar-refractivity contribution in [2.75, 3.05) is 31.1 Å². The van der Waals surface area contributed by atoms with E-state index in [1.807, 2.05) is 36.9 Å². The van der Waals surface area contributed by atoms with Crippen LogP contribution in [-0.4, -0.2) is 58.7 Å². The van der Waals surface area contributed by atoms with E-state index < -0.39 is 17.5 Å². The Kier molecular flexibility index (Phi) is 7.02. The van der Waals surface area contributed by atoms with Crippen LogP contribution >= 0.6 is 11.6 Å². The van der Waals surface area contributed by atoms with E-state index in [0.717, 1.165) is 0 Å². The predicted molar refractivity (Wildman–Crippen MR) is 128 cm³/mol. The van der Waals surface area contributed by atoms with Gasteiger partial charge in [-0.05, 0) is 30.2 Å². The second kappa shape index (κ2) is 10.1. The Labute approximate surface area is 201 Å². The van der Waals surface area contributed by atoms with Gasteiger partial charge in [-0.2, -0.15) is 9.78 Å². The molecule has 3 heterocycles. The number of para-hydroxylation sites is 1. The number of halogens is 1. The number of aromatic nitrogens is 2. The molecular weight excluding hydrogens is 458 g/mol. The highest BCUT2D eigenvalue weighted by atomic mass is 35.5. The van der Waals surface area contributed by atoms with Crippen molar-refractivity contribution in [3.05, 3.63) is 76.1 Å². The molecule has 10 heteroatoms. The van der Waals surface area contributed by atoms with Crippen molar-refractivity contribution in [3.63, 3.8) is 0 Å². The fraction of sp³-hybridized carbons (Fsp3) is 0.333. The Hall–Kier alpha value is -3.59. The first-order valence-electron chi connectivity index (χ1n) is 11.1. The van der Waals surface area contributed by atoms with Crippen LogP contribution in [-0.2, 0) is 4.79 Å². The standard InChI is InChI=1S/C24H26ClN5O4/c1-16(2)21(27-22(31)19-9-6-14-34-19)24(33)29-12-10-28(11-13-29)18-15-26-30(23(32)20(18)25)17-7-4-3-5-8-17/h3-9,14-16,21H,10-13H2,1-2H3,(H,27,31)/t21-/m1/s1. The number of amides is 2. The highest BCUT2D eigenvalue weighted by molar-refractivity contribution is 6.33. The van der Waals surface area contributed by atoms with Gasteiger partial charge >= 0.3 is 0 Å². The number of furan rings is 1. The lowest BCUT2D eigenvalue weighted by Gasteiger charge is -2.38. The summed E-state index contributed by atoms with van der Waals surface area (Å²) < 4.78 is 6.40. The van der Waals surface area contributed by atoms with Crippen molar-refractivity contribution in [1.29, 1.82) is 0 Å². The number of hydrogen-bond acceptors (Lipinski definition) is 6. The van der Waals surface area contributed by atoms with Gasteiger partial charge < -0.3 is 19.5 Å². The Bertz CT molecular complexity index is 1200. The van der Waals surface area contributed by atoms with Gasteiger partial charge in [0.15, 0.2) is 5.76 Å². The average molecular weight is 484 g/mol. The van der Waals surface area contributed by atoms with Gasteiger partial charge in [0.2, 0.25) is 5.91 Å². The monoisotopic (exact) mass is 483 g/mol. The summed E-state index contributed by atoms with van der Waals surface area (Å²) in [5, 5.41) is 7.16. The summed E-state index contributed by atoms with van der Waals surface area (Å²) in [4.78, 5) is 42.1. The van der Waals surface area contributed by atoms with Gasteiger partial charge in [0.05, 0.1) is 23.8 Å². The third-order valence-electron chi connectivity index (χ3n) is 5.80. The number of benzene rings is 1. The van der Waals surface area contributed by atoms with E-state index in [4.69, 9.17) is 16.0 Å². The molecule has 1 aliphatic heterocycles. The van der Waals surface area contributed by atoms with Crippen LogP contribution in [0.1, 0.15) is 24.4 Å². The van der Waals surface area contributed by atoms with Crippen molar-refractivity contribution in [1.82, 2.24) is 20.0 Å². The van der Waals surface area contributed by atoms with Crippen LogP contribution in [0.25, 0.3) is 5.69 Å². The molecule has 178 valence electrons. The summed E-state index contributed by atoms with van der Waals surface area (Å²) in [5.74, 6) is -0.518. The van der Waals surface area contributed by atoms with Gasteiger partial charge in [-0.15, -0.1) is 0 Å². The van der Waals surface area contributed by atoms with Crippen molar-refractivity contribution >= 4 is 29.1 Å². The summed E-state index contributed by atoms with van der Waals surface area (Å²) >= 11 is 6.43. The average Bonchev–Trinajstić information content (AvgIpc) is 3.39. The maximum Gasteiger partial charge on any atom is 0.292 e. The van der Waals surface area contributed by atoms with Crippen molar-refractivity contribution in [2.24, 2.45) is 5.92 Å². The number of nitrogens with one attached hydrogen (secondary N) is 1. The smallest absolute Gasteiger partial charge is 0.292 e. The highest BCUT2D eigenvalue weighted by Crippen LogP contribution is 2.23. The molecule has 1 fully saturated rings. The lowest BCUT2D eigenvalue weighted by atomic mass is 10.0. The molecular formula is C24H26ClN5O4. The van der Waals surface area contributed by atoms with Crippen LogP contribution in [0.4, 0.5) is 5.69 Å². The molecule has 1 saturated heterocycles. The highest BCUT2D eigenvalue weighted by Gasteiger charge is 2.32. The molecule has 3 aromatic rings. The third-order valence-corrected chi connectivity index (χ3v) is 6.15. The first-order chi connectivity index (χ1) is 16.4. The molecule has 1 aromatic carbocycles. The fourth-order valence-corrected chi connectivity index (χ4v) is 4.14. The summed E-state index contributed by atoms with van der Waals surface area (Å²) in [7, 11) is 0. The second-order valence-corrected chi connectivity index (χ2v) is 8.76. The Morgan fingerprint density at radius 1 is 1.06 bits per heavy atom. The number of anilines is 1. The third kappa shape index (κ3) is 4.84. The van der Waals surface area contributed by atoms with Crippen LogP contribution in [0.2, 0.25) is 5.02 Å².